The van der Waals surface area contributed by atoms with Crippen molar-refractivity contribution in [2.75, 3.05) is 13.1 Å². The van der Waals surface area contributed by atoms with Gasteiger partial charge in [0, 0.05) is 13.1 Å². The highest BCUT2D eigenvalue weighted by Gasteiger charge is 2.40. The van der Waals surface area contributed by atoms with E-state index in [1.807, 2.05) is 0 Å². The molecule has 0 aromatic carbocycles. The van der Waals surface area contributed by atoms with Crippen LogP contribution in [0.4, 0.5) is 0 Å². The summed E-state index contributed by atoms with van der Waals surface area (Å²) in [5.41, 5.74) is -1.01. The maximum Gasteiger partial charge on any atom is 0.310 e. The van der Waals surface area contributed by atoms with E-state index in [-0.39, 0.29) is 6.54 Å². The summed E-state index contributed by atoms with van der Waals surface area (Å²) < 4.78 is 23.0. The van der Waals surface area contributed by atoms with Gasteiger partial charge in [-0.1, -0.05) is 0 Å². The van der Waals surface area contributed by atoms with Crippen LogP contribution >= 0.6 is 0 Å². The standard InChI is InChI=1S/C7H14N2O4S/c1-7(6(10)11)3-2-4-9(5-7)14(8,12)13/h2-5H2,1H3,(H,10,11)(H2,8,12,13). The Kier molecular flexibility index (Phi) is 2.84. The summed E-state index contributed by atoms with van der Waals surface area (Å²) in [6.45, 7) is 1.80. The van der Waals surface area contributed by atoms with Crippen molar-refractivity contribution >= 4 is 16.2 Å². The van der Waals surface area contributed by atoms with Gasteiger partial charge in [0.1, 0.15) is 0 Å². The Morgan fingerprint density at radius 3 is 2.57 bits per heavy atom. The lowest BCUT2D eigenvalue weighted by Gasteiger charge is -2.35. The highest BCUT2D eigenvalue weighted by atomic mass is 32.2. The first-order chi connectivity index (χ1) is 6.26. The largest absolute Gasteiger partial charge is 0.481 e. The van der Waals surface area contributed by atoms with Crippen LogP contribution in [0.1, 0.15) is 19.8 Å². The molecule has 0 saturated carbocycles. The number of carbonyl (C=O) groups is 1. The molecule has 1 fully saturated rings. The number of carboxylic acid groups (broad SMARTS) is 1. The molecular formula is C7H14N2O4S. The fourth-order valence-electron chi connectivity index (χ4n) is 1.58. The molecule has 1 heterocycles. The van der Waals surface area contributed by atoms with Gasteiger partial charge in [-0.05, 0) is 19.8 Å². The van der Waals surface area contributed by atoms with Gasteiger partial charge < -0.3 is 5.11 Å². The van der Waals surface area contributed by atoms with Crippen molar-refractivity contribution < 1.29 is 18.3 Å². The molecule has 0 aliphatic carbocycles. The quantitative estimate of drug-likeness (QED) is 0.650. The lowest BCUT2D eigenvalue weighted by atomic mass is 9.83. The topological polar surface area (TPSA) is 101 Å². The summed E-state index contributed by atoms with van der Waals surface area (Å²) >= 11 is 0. The molecule has 0 aromatic heterocycles. The van der Waals surface area contributed by atoms with Gasteiger partial charge in [0.2, 0.25) is 0 Å². The molecule has 1 atom stereocenters. The predicted octanol–water partition coefficient (Wildman–Crippen LogP) is -0.623. The average Bonchev–Trinajstić information content (AvgIpc) is 2.02. The Morgan fingerprint density at radius 2 is 2.14 bits per heavy atom. The molecule has 3 N–H and O–H groups in total. The Morgan fingerprint density at radius 1 is 1.57 bits per heavy atom. The summed E-state index contributed by atoms with van der Waals surface area (Å²) in [5.74, 6) is -0.981. The molecule has 14 heavy (non-hydrogen) atoms. The van der Waals surface area contributed by atoms with Crippen LogP contribution in [0, 0.1) is 5.41 Å². The normalized spacial score (nSPS) is 30.1. The minimum absolute atomic E-state index is 0.0405. The van der Waals surface area contributed by atoms with Crippen LogP contribution < -0.4 is 5.14 Å². The molecule has 0 bridgehead atoms. The van der Waals surface area contributed by atoms with E-state index in [2.05, 4.69) is 0 Å². The summed E-state index contributed by atoms with van der Waals surface area (Å²) in [4.78, 5) is 10.9. The van der Waals surface area contributed by atoms with Crippen LogP contribution in [0.25, 0.3) is 0 Å². The first kappa shape index (κ1) is 11.4. The van der Waals surface area contributed by atoms with Crippen molar-refractivity contribution in [2.45, 2.75) is 19.8 Å². The van der Waals surface area contributed by atoms with Crippen molar-refractivity contribution in [3.05, 3.63) is 0 Å². The molecule has 0 spiro atoms. The zero-order valence-electron chi connectivity index (χ0n) is 7.93. The first-order valence-electron chi connectivity index (χ1n) is 4.27. The summed E-state index contributed by atoms with van der Waals surface area (Å²) in [6, 6.07) is 0. The molecule has 1 rings (SSSR count). The number of carboxylic acids is 1. The van der Waals surface area contributed by atoms with E-state index in [0.29, 0.717) is 19.4 Å². The maximum atomic E-state index is 11.0. The van der Waals surface area contributed by atoms with Gasteiger partial charge in [-0.25, -0.2) is 5.14 Å². The second-order valence-electron chi connectivity index (χ2n) is 3.85. The van der Waals surface area contributed by atoms with E-state index < -0.39 is 21.6 Å². The SMILES string of the molecule is CC1(C(=O)O)CCCN(S(N)(=O)=O)C1. The number of hydrogen-bond acceptors (Lipinski definition) is 3. The second kappa shape index (κ2) is 3.48. The van der Waals surface area contributed by atoms with E-state index in [4.69, 9.17) is 10.2 Å². The zero-order valence-corrected chi connectivity index (χ0v) is 8.75. The van der Waals surface area contributed by atoms with Crippen LogP contribution in [0.5, 0.6) is 0 Å². The molecule has 6 nitrogen and oxygen atoms in total. The van der Waals surface area contributed by atoms with Gasteiger partial charge in [-0.2, -0.15) is 12.7 Å². The molecule has 0 radical (unpaired) electrons. The van der Waals surface area contributed by atoms with E-state index in [9.17, 15) is 13.2 Å². The number of nitrogens with two attached hydrogens (primary N) is 1. The molecule has 82 valence electrons. The Hall–Kier alpha value is -0.660. The van der Waals surface area contributed by atoms with Gasteiger partial charge in [0.25, 0.3) is 10.2 Å². The fourth-order valence-corrected chi connectivity index (χ4v) is 2.43. The molecule has 0 amide bonds. The van der Waals surface area contributed by atoms with Crippen LogP contribution in [0.3, 0.4) is 0 Å². The molecule has 0 aromatic rings. The van der Waals surface area contributed by atoms with Gasteiger partial charge in [0.05, 0.1) is 5.41 Å². The fraction of sp³-hybridized carbons (Fsp3) is 0.857. The molecule has 1 aliphatic rings. The van der Waals surface area contributed by atoms with Gasteiger partial charge in [0.15, 0.2) is 0 Å². The third-order valence-electron chi connectivity index (χ3n) is 2.54. The lowest BCUT2D eigenvalue weighted by Crippen LogP contribution is -2.50. The highest BCUT2D eigenvalue weighted by molar-refractivity contribution is 7.86. The Balaban J connectivity index is 2.85. The van der Waals surface area contributed by atoms with Crippen LogP contribution in [0.15, 0.2) is 0 Å². The van der Waals surface area contributed by atoms with Gasteiger partial charge in [-0.15, -0.1) is 0 Å². The van der Waals surface area contributed by atoms with Crippen molar-refractivity contribution in [3.8, 4) is 0 Å². The van der Waals surface area contributed by atoms with E-state index in [0.717, 1.165) is 4.31 Å². The highest BCUT2D eigenvalue weighted by Crippen LogP contribution is 2.30. The summed E-state index contributed by atoms with van der Waals surface area (Å²) in [7, 11) is -3.76. The average molecular weight is 222 g/mol. The van der Waals surface area contributed by atoms with Crippen LogP contribution in [-0.4, -0.2) is 36.9 Å². The van der Waals surface area contributed by atoms with E-state index in [1.54, 1.807) is 0 Å². The number of piperidine rings is 1. The molecule has 1 aliphatic heterocycles. The van der Waals surface area contributed by atoms with E-state index >= 15 is 0 Å². The number of hydrogen-bond donors (Lipinski definition) is 2. The first-order valence-corrected chi connectivity index (χ1v) is 5.77. The smallest absolute Gasteiger partial charge is 0.310 e. The van der Waals surface area contributed by atoms with Crippen LogP contribution in [-0.2, 0) is 15.0 Å². The second-order valence-corrected chi connectivity index (χ2v) is 5.39. The minimum Gasteiger partial charge on any atom is -0.481 e. The molecule has 1 unspecified atom stereocenters. The van der Waals surface area contributed by atoms with Crippen molar-refractivity contribution in [2.24, 2.45) is 10.6 Å². The van der Waals surface area contributed by atoms with Crippen molar-refractivity contribution in [1.29, 1.82) is 0 Å². The maximum absolute atomic E-state index is 11.0. The number of aliphatic carboxylic acids is 1. The molecule has 1 saturated heterocycles. The van der Waals surface area contributed by atoms with Gasteiger partial charge in [-0.3, -0.25) is 4.79 Å². The molecule has 7 heteroatoms. The number of rotatable bonds is 2. The Bertz CT molecular complexity index is 340. The summed E-state index contributed by atoms with van der Waals surface area (Å²) in [6.07, 6.45) is 1.01. The van der Waals surface area contributed by atoms with E-state index in [1.165, 1.54) is 6.92 Å². The molecular weight excluding hydrogens is 208 g/mol. The monoisotopic (exact) mass is 222 g/mol. The minimum atomic E-state index is -3.76. The van der Waals surface area contributed by atoms with Crippen molar-refractivity contribution in [3.63, 3.8) is 0 Å². The summed E-state index contributed by atoms with van der Waals surface area (Å²) in [5, 5.41) is 13.9. The Labute approximate surface area is 82.9 Å². The van der Waals surface area contributed by atoms with Crippen LogP contribution in [0.2, 0.25) is 0 Å². The number of nitrogens with zero attached hydrogens (tertiary/aromatic N) is 1. The predicted molar refractivity (Wildman–Crippen MR) is 49.7 cm³/mol. The zero-order chi connectivity index (χ0) is 11.0. The van der Waals surface area contributed by atoms with Gasteiger partial charge >= 0.3 is 5.97 Å². The third-order valence-corrected chi connectivity index (χ3v) is 3.57. The lowest BCUT2D eigenvalue weighted by molar-refractivity contribution is -0.150. The van der Waals surface area contributed by atoms with Crippen molar-refractivity contribution in [1.82, 2.24) is 4.31 Å². The third kappa shape index (κ3) is 2.23.